The minimum absolute atomic E-state index is 0.0828. The molecule has 8 nitrogen and oxygen atoms in total. The van der Waals surface area contributed by atoms with Crippen molar-refractivity contribution in [2.75, 3.05) is 27.4 Å². The average Bonchev–Trinajstić information content (AvgIpc) is 3.32. The predicted octanol–water partition coefficient (Wildman–Crippen LogP) is 6.00. The Morgan fingerprint density at radius 1 is 1.12 bits per heavy atom. The maximum atomic E-state index is 14.2. The Bertz CT molecular complexity index is 1530. The van der Waals surface area contributed by atoms with Crippen LogP contribution >= 0.6 is 11.6 Å². The highest BCUT2D eigenvalue weighted by Gasteiger charge is 2.29. The summed E-state index contributed by atoms with van der Waals surface area (Å²) in [5.41, 5.74) is 3.64. The number of likely N-dealkylation sites (tertiary alicyclic amines) is 1. The summed E-state index contributed by atoms with van der Waals surface area (Å²) >= 11 is 5.85. The molecule has 0 saturated carbocycles. The van der Waals surface area contributed by atoms with Gasteiger partial charge in [-0.2, -0.15) is 0 Å². The number of halogens is 2. The summed E-state index contributed by atoms with van der Waals surface area (Å²) in [6, 6.07) is 16.1. The number of carbonyl (C=O) groups excluding carboxylic acids is 1. The summed E-state index contributed by atoms with van der Waals surface area (Å²) in [5.74, 6) is 0.933. The van der Waals surface area contributed by atoms with E-state index >= 15 is 0 Å². The lowest BCUT2D eigenvalue weighted by molar-refractivity contribution is 0.0601. The van der Waals surface area contributed by atoms with Gasteiger partial charge >= 0.3 is 5.97 Å². The first-order valence-corrected chi connectivity index (χ1v) is 14.1. The SMILES string of the molecule is COCCn1c(CN2CC[C@@H](c3cccc(OCc4ccc(Cl)cc4F)n3)C[C@@H]2C)nc2ccc(C(=O)OC)cc21. The Labute approximate surface area is 244 Å². The van der Waals surface area contributed by atoms with Gasteiger partial charge in [-0.15, -0.1) is 0 Å². The maximum Gasteiger partial charge on any atom is 0.337 e. The van der Waals surface area contributed by atoms with Gasteiger partial charge in [-0.25, -0.2) is 19.2 Å². The Morgan fingerprint density at radius 2 is 1.98 bits per heavy atom. The molecule has 0 bridgehead atoms. The number of hydrogen-bond acceptors (Lipinski definition) is 7. The first kappa shape index (κ1) is 29.0. The van der Waals surface area contributed by atoms with E-state index < -0.39 is 5.82 Å². The fourth-order valence-electron chi connectivity index (χ4n) is 5.41. The molecule has 216 valence electrons. The van der Waals surface area contributed by atoms with Crippen molar-refractivity contribution in [2.45, 2.75) is 51.4 Å². The fraction of sp³-hybridized carbons (Fsp3) is 0.387. The number of aromatic nitrogens is 3. The molecule has 0 aliphatic carbocycles. The quantitative estimate of drug-likeness (QED) is 0.213. The van der Waals surface area contributed by atoms with Crippen molar-refractivity contribution in [1.82, 2.24) is 19.4 Å². The second kappa shape index (κ2) is 13.0. The number of ether oxygens (including phenoxy) is 3. The van der Waals surface area contributed by atoms with E-state index in [0.717, 1.165) is 41.9 Å². The number of piperidine rings is 1. The molecular formula is C31H34ClFN4O4. The molecule has 1 aliphatic rings. The van der Waals surface area contributed by atoms with E-state index in [9.17, 15) is 9.18 Å². The number of rotatable bonds is 10. The van der Waals surface area contributed by atoms with Gasteiger partial charge in [-0.3, -0.25) is 4.90 Å². The number of carbonyl (C=O) groups is 1. The van der Waals surface area contributed by atoms with Crippen LogP contribution in [0.15, 0.2) is 54.6 Å². The summed E-state index contributed by atoms with van der Waals surface area (Å²) in [6.45, 7) is 5.05. The Balaban J connectivity index is 1.27. The maximum absolute atomic E-state index is 14.2. The Morgan fingerprint density at radius 3 is 2.73 bits per heavy atom. The van der Waals surface area contributed by atoms with E-state index in [1.165, 1.54) is 13.2 Å². The van der Waals surface area contributed by atoms with Crippen LogP contribution in [0.1, 0.15) is 53.1 Å². The zero-order valence-electron chi connectivity index (χ0n) is 23.5. The van der Waals surface area contributed by atoms with Crippen LogP contribution in [-0.4, -0.2) is 58.8 Å². The second-order valence-corrected chi connectivity index (χ2v) is 10.8. The lowest BCUT2D eigenvalue weighted by Gasteiger charge is -2.37. The first-order chi connectivity index (χ1) is 19.9. The molecule has 0 radical (unpaired) electrons. The molecule has 0 spiro atoms. The third-order valence-corrected chi connectivity index (χ3v) is 7.91. The lowest BCUT2D eigenvalue weighted by Crippen LogP contribution is -2.40. The summed E-state index contributed by atoms with van der Waals surface area (Å²) < 4.78 is 32.4. The summed E-state index contributed by atoms with van der Waals surface area (Å²) in [7, 11) is 3.06. The van der Waals surface area contributed by atoms with Crippen molar-refractivity contribution in [1.29, 1.82) is 0 Å². The summed E-state index contributed by atoms with van der Waals surface area (Å²) in [5, 5.41) is 0.353. The topological polar surface area (TPSA) is 78.7 Å². The highest BCUT2D eigenvalue weighted by Crippen LogP contribution is 2.33. The molecule has 1 fully saturated rings. The molecule has 1 aliphatic heterocycles. The van der Waals surface area contributed by atoms with Gasteiger partial charge in [-0.1, -0.05) is 23.7 Å². The molecule has 4 aromatic rings. The average molecular weight is 581 g/mol. The monoisotopic (exact) mass is 580 g/mol. The molecular weight excluding hydrogens is 547 g/mol. The fourth-order valence-corrected chi connectivity index (χ4v) is 5.56. The minimum Gasteiger partial charge on any atom is -0.473 e. The van der Waals surface area contributed by atoms with Crippen LogP contribution < -0.4 is 4.74 Å². The standard InChI is InChI=1S/C31H34ClFN4O4/c1-20-15-21(26-5-4-6-30(35-26)41-19-23-7-9-24(32)17-25(23)33)11-12-36(20)18-29-34-27-10-8-22(31(38)40-3)16-28(27)37(29)13-14-39-2/h4-10,16-17,20-21H,11-15,18-19H2,1-3H3/t20-,21+/m0/s1. The van der Waals surface area contributed by atoms with Gasteiger partial charge < -0.3 is 18.8 Å². The van der Waals surface area contributed by atoms with E-state index in [-0.39, 0.29) is 18.5 Å². The molecule has 2 aromatic heterocycles. The first-order valence-electron chi connectivity index (χ1n) is 13.7. The third-order valence-electron chi connectivity index (χ3n) is 7.68. The highest BCUT2D eigenvalue weighted by molar-refractivity contribution is 6.30. The predicted molar refractivity (Wildman–Crippen MR) is 155 cm³/mol. The van der Waals surface area contributed by atoms with Gasteiger partial charge in [0.05, 0.1) is 36.9 Å². The van der Waals surface area contributed by atoms with Gasteiger partial charge in [0.2, 0.25) is 5.88 Å². The smallest absolute Gasteiger partial charge is 0.337 e. The number of methoxy groups -OCH3 is 2. The number of hydrogen-bond donors (Lipinski definition) is 0. The van der Waals surface area contributed by atoms with Crippen LogP contribution in [0.3, 0.4) is 0 Å². The van der Waals surface area contributed by atoms with Gasteiger partial charge in [0.15, 0.2) is 0 Å². The zero-order valence-corrected chi connectivity index (χ0v) is 24.2. The number of fused-ring (bicyclic) bond motifs is 1. The van der Waals surface area contributed by atoms with Crippen LogP contribution in [0.4, 0.5) is 4.39 Å². The van der Waals surface area contributed by atoms with Crippen LogP contribution in [0.25, 0.3) is 11.0 Å². The molecule has 10 heteroatoms. The summed E-state index contributed by atoms with van der Waals surface area (Å²) in [6.07, 6.45) is 1.88. The number of pyridine rings is 1. The second-order valence-electron chi connectivity index (χ2n) is 10.3. The van der Waals surface area contributed by atoms with Gasteiger partial charge in [-0.05, 0) is 62.7 Å². The van der Waals surface area contributed by atoms with Crippen molar-refractivity contribution in [3.63, 3.8) is 0 Å². The molecule has 0 N–H and O–H groups in total. The normalized spacial score (nSPS) is 17.6. The van der Waals surface area contributed by atoms with Gasteiger partial charge in [0.25, 0.3) is 0 Å². The molecule has 1 saturated heterocycles. The minimum atomic E-state index is -0.394. The molecule has 5 rings (SSSR count). The molecule has 2 atom stereocenters. The number of esters is 1. The molecule has 2 aromatic carbocycles. The molecule has 3 heterocycles. The van der Waals surface area contributed by atoms with E-state index in [4.69, 9.17) is 35.8 Å². The molecule has 41 heavy (non-hydrogen) atoms. The van der Waals surface area contributed by atoms with E-state index in [1.807, 2.05) is 24.3 Å². The van der Waals surface area contributed by atoms with E-state index in [1.54, 1.807) is 31.4 Å². The molecule has 0 unspecified atom stereocenters. The van der Waals surface area contributed by atoms with Crippen molar-refractivity contribution in [3.8, 4) is 5.88 Å². The van der Waals surface area contributed by atoms with Crippen molar-refractivity contribution in [2.24, 2.45) is 0 Å². The largest absolute Gasteiger partial charge is 0.473 e. The molecule has 0 amide bonds. The Kier molecular flexibility index (Phi) is 9.17. The van der Waals surface area contributed by atoms with Crippen molar-refractivity contribution < 1.29 is 23.4 Å². The van der Waals surface area contributed by atoms with Crippen LogP contribution in [0, 0.1) is 5.82 Å². The number of nitrogens with zero attached hydrogens (tertiary/aromatic N) is 4. The zero-order chi connectivity index (χ0) is 28.9. The van der Waals surface area contributed by atoms with Crippen LogP contribution in [-0.2, 0) is 29.2 Å². The number of imidazole rings is 1. The van der Waals surface area contributed by atoms with Crippen LogP contribution in [0.5, 0.6) is 5.88 Å². The van der Waals surface area contributed by atoms with Crippen molar-refractivity contribution in [3.05, 3.63) is 88.1 Å². The van der Waals surface area contributed by atoms with Crippen LogP contribution in [0.2, 0.25) is 5.02 Å². The Hall–Kier alpha value is -3.53. The highest BCUT2D eigenvalue weighted by atomic mass is 35.5. The summed E-state index contributed by atoms with van der Waals surface area (Å²) in [4.78, 5) is 24.2. The lowest BCUT2D eigenvalue weighted by atomic mass is 9.88. The number of benzene rings is 2. The van der Waals surface area contributed by atoms with Gasteiger partial charge in [0.1, 0.15) is 18.2 Å². The van der Waals surface area contributed by atoms with Crippen molar-refractivity contribution >= 4 is 28.6 Å². The van der Waals surface area contributed by atoms with E-state index in [0.29, 0.717) is 47.8 Å². The van der Waals surface area contributed by atoms with E-state index in [2.05, 4.69) is 16.4 Å². The van der Waals surface area contributed by atoms with Gasteiger partial charge in [0, 0.05) is 48.0 Å². The third kappa shape index (κ3) is 6.69.